The van der Waals surface area contributed by atoms with Gasteiger partial charge in [-0.2, -0.15) is 0 Å². The molecule has 3 heterocycles. The standard InChI is InChI=1S/C18H22O7/c1-3-22-13(20)17-15-9-6-11(19)10-12(15)23-18(17,21)14(2)7-4-5-8-16(14,24-15)25-17/h6,9,12,21H,3-5,7-8,10H2,1-2H3. The molecular weight excluding hydrogens is 328 g/mol. The van der Waals surface area contributed by atoms with E-state index >= 15 is 0 Å². The van der Waals surface area contributed by atoms with Crippen LogP contribution in [0.2, 0.25) is 0 Å². The number of hydrogen-bond acceptors (Lipinski definition) is 7. The Kier molecular flexibility index (Phi) is 2.76. The van der Waals surface area contributed by atoms with Crippen LogP contribution in [-0.2, 0) is 28.5 Å². The second kappa shape index (κ2) is 4.34. The second-order valence-corrected chi connectivity index (χ2v) is 7.95. The molecule has 25 heavy (non-hydrogen) atoms. The van der Waals surface area contributed by atoms with Crippen molar-refractivity contribution in [2.75, 3.05) is 6.61 Å². The first-order chi connectivity index (χ1) is 11.8. The average Bonchev–Trinajstić information content (AvgIpc) is 3.02. The van der Waals surface area contributed by atoms with Gasteiger partial charge in [-0.05, 0) is 38.8 Å². The molecule has 3 saturated heterocycles. The summed E-state index contributed by atoms with van der Waals surface area (Å²) in [6.07, 6.45) is 5.11. The highest BCUT2D eigenvalue weighted by molar-refractivity contribution is 5.94. The van der Waals surface area contributed by atoms with E-state index in [1.54, 1.807) is 13.0 Å². The zero-order valence-electron chi connectivity index (χ0n) is 14.4. The Balaban J connectivity index is 1.79. The first-order valence-electron chi connectivity index (χ1n) is 9.01. The molecule has 1 saturated carbocycles. The van der Waals surface area contributed by atoms with E-state index in [-0.39, 0.29) is 18.8 Å². The molecular formula is C18H22O7. The van der Waals surface area contributed by atoms with Crippen molar-refractivity contribution >= 4 is 11.8 Å². The van der Waals surface area contributed by atoms with Gasteiger partial charge in [0.15, 0.2) is 17.2 Å². The van der Waals surface area contributed by atoms with Crippen molar-refractivity contribution in [3.05, 3.63) is 12.2 Å². The second-order valence-electron chi connectivity index (χ2n) is 7.95. The topological polar surface area (TPSA) is 91.3 Å². The molecule has 2 aliphatic carbocycles. The Labute approximate surface area is 145 Å². The van der Waals surface area contributed by atoms with Gasteiger partial charge in [0.05, 0.1) is 12.0 Å². The number of aliphatic hydroxyl groups is 1. The third-order valence-corrected chi connectivity index (χ3v) is 6.96. The molecule has 0 amide bonds. The van der Waals surface area contributed by atoms with Crippen LogP contribution < -0.4 is 0 Å². The van der Waals surface area contributed by atoms with Gasteiger partial charge in [-0.25, -0.2) is 4.79 Å². The van der Waals surface area contributed by atoms with Crippen LogP contribution in [0.4, 0.5) is 0 Å². The molecule has 0 aromatic heterocycles. The molecule has 0 radical (unpaired) electrons. The van der Waals surface area contributed by atoms with Gasteiger partial charge in [0.1, 0.15) is 6.10 Å². The molecule has 7 nitrogen and oxygen atoms in total. The van der Waals surface area contributed by atoms with Gasteiger partial charge in [0.25, 0.3) is 5.60 Å². The van der Waals surface area contributed by atoms with E-state index in [1.807, 2.05) is 6.92 Å². The van der Waals surface area contributed by atoms with E-state index in [0.29, 0.717) is 12.8 Å². The van der Waals surface area contributed by atoms with Crippen molar-refractivity contribution in [2.24, 2.45) is 5.41 Å². The van der Waals surface area contributed by atoms with E-state index in [0.717, 1.165) is 12.8 Å². The number of fused-ring (bicyclic) bond motifs is 1. The third-order valence-electron chi connectivity index (χ3n) is 6.96. The largest absolute Gasteiger partial charge is 0.464 e. The van der Waals surface area contributed by atoms with E-state index in [2.05, 4.69) is 0 Å². The molecule has 5 rings (SSSR count). The fraction of sp³-hybridized carbons (Fsp3) is 0.778. The lowest BCUT2D eigenvalue weighted by Gasteiger charge is -2.52. The summed E-state index contributed by atoms with van der Waals surface area (Å²) >= 11 is 0. The van der Waals surface area contributed by atoms with Crippen LogP contribution in [-0.4, -0.2) is 52.3 Å². The summed E-state index contributed by atoms with van der Waals surface area (Å²) in [5.74, 6) is -3.83. The highest BCUT2D eigenvalue weighted by Crippen LogP contribution is 2.77. The van der Waals surface area contributed by atoms with Crippen molar-refractivity contribution in [3.63, 3.8) is 0 Å². The maximum atomic E-state index is 13.1. The van der Waals surface area contributed by atoms with Gasteiger partial charge in [-0.3, -0.25) is 4.79 Å². The Bertz CT molecular complexity index is 718. The van der Waals surface area contributed by atoms with E-state index in [9.17, 15) is 14.7 Å². The normalized spacial score (nSPS) is 55.2. The predicted octanol–water partition coefficient (Wildman–Crippen LogP) is 0.980. The number of hydrogen-bond donors (Lipinski definition) is 1. The summed E-state index contributed by atoms with van der Waals surface area (Å²) < 4.78 is 24.2. The monoisotopic (exact) mass is 350 g/mol. The van der Waals surface area contributed by atoms with Crippen LogP contribution in [0.3, 0.4) is 0 Å². The van der Waals surface area contributed by atoms with E-state index < -0.39 is 40.3 Å². The molecule has 7 heteroatoms. The number of esters is 1. The summed E-state index contributed by atoms with van der Waals surface area (Å²) in [5.41, 5.74) is -4.06. The Morgan fingerprint density at radius 2 is 2.12 bits per heavy atom. The summed E-state index contributed by atoms with van der Waals surface area (Å²) in [5, 5.41) is 11.8. The lowest BCUT2D eigenvalue weighted by Crippen LogP contribution is -2.73. The minimum Gasteiger partial charge on any atom is -0.464 e. The van der Waals surface area contributed by atoms with Crippen molar-refractivity contribution in [3.8, 4) is 0 Å². The molecule has 6 atom stereocenters. The van der Waals surface area contributed by atoms with Crippen LogP contribution in [0.15, 0.2) is 12.2 Å². The van der Waals surface area contributed by atoms with Crippen LogP contribution in [0.1, 0.15) is 46.0 Å². The average molecular weight is 350 g/mol. The fourth-order valence-corrected chi connectivity index (χ4v) is 5.76. The van der Waals surface area contributed by atoms with Gasteiger partial charge >= 0.3 is 5.97 Å². The molecule has 0 aromatic carbocycles. The van der Waals surface area contributed by atoms with Crippen LogP contribution in [0.5, 0.6) is 0 Å². The first-order valence-corrected chi connectivity index (χ1v) is 9.01. The Hall–Kier alpha value is -1.28. The van der Waals surface area contributed by atoms with E-state index in [1.165, 1.54) is 6.08 Å². The summed E-state index contributed by atoms with van der Waals surface area (Å²) in [6, 6.07) is 0. The number of carbonyl (C=O) groups excluding carboxylic acids is 2. The molecule has 3 aliphatic heterocycles. The zero-order chi connectivity index (χ0) is 17.7. The molecule has 6 unspecified atom stereocenters. The van der Waals surface area contributed by atoms with Gasteiger partial charge in [0.2, 0.25) is 5.79 Å². The lowest BCUT2D eigenvalue weighted by molar-refractivity contribution is -0.310. The third kappa shape index (κ3) is 1.33. The van der Waals surface area contributed by atoms with Crippen LogP contribution >= 0.6 is 0 Å². The van der Waals surface area contributed by atoms with Crippen molar-refractivity contribution in [2.45, 2.75) is 74.8 Å². The van der Waals surface area contributed by atoms with Crippen molar-refractivity contribution < 1.29 is 33.6 Å². The number of ketones is 1. The SMILES string of the molecule is CCOC(=O)C12OC34CCCCC3(C)C1(O)OC1CC(=O)C=CC12O4. The summed E-state index contributed by atoms with van der Waals surface area (Å²) in [4.78, 5) is 25.1. The fourth-order valence-electron chi connectivity index (χ4n) is 5.76. The highest BCUT2D eigenvalue weighted by Gasteiger charge is 2.98. The van der Waals surface area contributed by atoms with Crippen molar-refractivity contribution in [1.29, 1.82) is 0 Å². The zero-order valence-corrected chi connectivity index (χ0v) is 14.4. The highest BCUT2D eigenvalue weighted by atomic mass is 16.8. The molecule has 0 aromatic rings. The summed E-state index contributed by atoms with van der Waals surface area (Å²) in [7, 11) is 0. The minimum atomic E-state index is -1.90. The molecule has 4 fully saturated rings. The number of carbonyl (C=O) groups is 2. The number of ether oxygens (including phenoxy) is 4. The minimum absolute atomic E-state index is 0.0372. The van der Waals surface area contributed by atoms with Crippen LogP contribution in [0, 0.1) is 5.41 Å². The van der Waals surface area contributed by atoms with E-state index in [4.69, 9.17) is 18.9 Å². The molecule has 2 bridgehead atoms. The Morgan fingerprint density at radius 1 is 1.36 bits per heavy atom. The lowest BCUT2D eigenvalue weighted by atomic mass is 9.59. The maximum Gasteiger partial charge on any atom is 0.347 e. The predicted molar refractivity (Wildman–Crippen MR) is 82.2 cm³/mol. The molecule has 136 valence electrons. The van der Waals surface area contributed by atoms with Gasteiger partial charge in [-0.15, -0.1) is 0 Å². The first kappa shape index (κ1) is 15.9. The van der Waals surface area contributed by atoms with Crippen molar-refractivity contribution in [1.82, 2.24) is 0 Å². The molecule has 2 spiro atoms. The maximum absolute atomic E-state index is 13.1. The quantitative estimate of drug-likeness (QED) is 0.742. The summed E-state index contributed by atoms with van der Waals surface area (Å²) in [6.45, 7) is 3.70. The van der Waals surface area contributed by atoms with Gasteiger partial charge < -0.3 is 24.1 Å². The number of allylic oxidation sites excluding steroid dienone is 1. The Morgan fingerprint density at radius 3 is 2.88 bits per heavy atom. The smallest absolute Gasteiger partial charge is 0.347 e. The molecule has 5 aliphatic rings. The molecule has 1 N–H and O–H groups in total. The number of rotatable bonds is 2. The van der Waals surface area contributed by atoms with Gasteiger partial charge in [-0.1, -0.05) is 6.42 Å². The van der Waals surface area contributed by atoms with Crippen LogP contribution in [0.25, 0.3) is 0 Å². The van der Waals surface area contributed by atoms with Gasteiger partial charge in [0, 0.05) is 12.8 Å².